The van der Waals surface area contributed by atoms with Gasteiger partial charge < -0.3 is 5.11 Å². The number of rotatable bonds is 2. The lowest BCUT2D eigenvalue weighted by molar-refractivity contribution is -0.141. The van der Waals surface area contributed by atoms with E-state index >= 15 is 0 Å². The predicted octanol–water partition coefficient (Wildman–Crippen LogP) is 2.20. The van der Waals surface area contributed by atoms with E-state index in [9.17, 15) is 14.7 Å². The highest BCUT2D eigenvalue weighted by atomic mass is 16.4. The Morgan fingerprint density at radius 2 is 1.71 bits per heavy atom. The van der Waals surface area contributed by atoms with Crippen LogP contribution >= 0.6 is 0 Å². The highest BCUT2D eigenvalue weighted by Crippen LogP contribution is 2.37. The van der Waals surface area contributed by atoms with Crippen molar-refractivity contribution in [2.24, 2.45) is 5.92 Å². The third-order valence-electron chi connectivity index (χ3n) is 4.15. The third-order valence-corrected chi connectivity index (χ3v) is 4.15. The van der Waals surface area contributed by atoms with Crippen LogP contribution in [-0.4, -0.2) is 24.7 Å². The molecule has 0 bridgehead atoms. The summed E-state index contributed by atoms with van der Waals surface area (Å²) in [6, 6.07) is 0. The quantitative estimate of drug-likeness (QED) is 0.750. The molecule has 0 amide bonds. The summed E-state index contributed by atoms with van der Waals surface area (Å²) >= 11 is 0. The first kappa shape index (κ1) is 14.3. The van der Waals surface area contributed by atoms with Crippen molar-refractivity contribution < 1.29 is 14.7 Å². The van der Waals surface area contributed by atoms with E-state index in [1.54, 1.807) is 6.92 Å². The first-order valence-electron chi connectivity index (χ1n) is 6.69. The highest BCUT2D eigenvalue weighted by molar-refractivity contribution is 6.26. The fourth-order valence-corrected chi connectivity index (χ4v) is 2.71. The lowest BCUT2D eigenvalue weighted by Crippen LogP contribution is -2.25. The third kappa shape index (κ3) is 4.17. The Hall–Kier alpha value is -0.795. The topological polar surface area (TPSA) is 54.4 Å². The second kappa shape index (κ2) is 6.22. The van der Waals surface area contributed by atoms with Gasteiger partial charge in [0.2, 0.25) is 0 Å². The number of aliphatic carboxylic acids is 1. The predicted molar refractivity (Wildman–Crippen MR) is 70.0 cm³/mol. The maximum Gasteiger partial charge on any atom is 0.301 e. The summed E-state index contributed by atoms with van der Waals surface area (Å²) in [5.41, 5.74) is 0. The van der Waals surface area contributed by atoms with Crippen molar-refractivity contribution >= 4 is 19.6 Å². The van der Waals surface area contributed by atoms with Crippen LogP contribution in [0.15, 0.2) is 0 Å². The van der Waals surface area contributed by atoms with Gasteiger partial charge in [0.05, 0.1) is 0 Å². The number of ketones is 1. The highest BCUT2D eigenvalue weighted by Gasteiger charge is 2.32. The first-order chi connectivity index (χ1) is 7.96. The van der Waals surface area contributed by atoms with Gasteiger partial charge in [0.25, 0.3) is 0 Å². The number of carboxylic acid groups (broad SMARTS) is 1. The van der Waals surface area contributed by atoms with Gasteiger partial charge in [0, 0.05) is 11.2 Å². The van der Waals surface area contributed by atoms with Crippen molar-refractivity contribution in [2.45, 2.75) is 63.6 Å². The summed E-state index contributed by atoms with van der Waals surface area (Å²) in [6.45, 7) is 1.66. The Morgan fingerprint density at radius 1 is 1.12 bits per heavy atom. The van der Waals surface area contributed by atoms with Crippen LogP contribution in [0.2, 0.25) is 5.31 Å². The molecule has 1 fully saturated rings. The zero-order valence-corrected chi connectivity index (χ0v) is 11.0. The Kier molecular flexibility index (Phi) is 5.22. The van der Waals surface area contributed by atoms with Crippen LogP contribution < -0.4 is 0 Å². The molecule has 0 radical (unpaired) electrons. The SMILES string of the molecule is BC1(C(=O)O)CCCCCC(C(C)=O)CCC1. The average molecular weight is 238 g/mol. The van der Waals surface area contributed by atoms with Gasteiger partial charge in [-0.05, 0) is 32.6 Å². The van der Waals surface area contributed by atoms with Gasteiger partial charge in [-0.15, -0.1) is 0 Å². The maximum absolute atomic E-state index is 11.4. The molecule has 3 nitrogen and oxygen atoms in total. The molecule has 0 aromatic rings. The fourth-order valence-electron chi connectivity index (χ4n) is 2.71. The van der Waals surface area contributed by atoms with E-state index in [4.69, 9.17) is 0 Å². The van der Waals surface area contributed by atoms with E-state index in [-0.39, 0.29) is 11.7 Å². The molecule has 1 rings (SSSR count). The molecule has 1 aliphatic rings. The van der Waals surface area contributed by atoms with E-state index in [1.807, 2.05) is 7.85 Å². The van der Waals surface area contributed by atoms with Crippen molar-refractivity contribution in [3.8, 4) is 0 Å². The zero-order valence-electron chi connectivity index (χ0n) is 11.0. The number of carbonyl (C=O) groups is 2. The van der Waals surface area contributed by atoms with E-state index in [0.29, 0.717) is 6.42 Å². The number of Topliss-reactive ketones (excluding diaryl/α,β-unsaturated/α-hetero) is 1. The fraction of sp³-hybridized carbons (Fsp3) is 0.846. The molecule has 17 heavy (non-hydrogen) atoms. The lowest BCUT2D eigenvalue weighted by Gasteiger charge is -2.27. The van der Waals surface area contributed by atoms with Crippen molar-refractivity contribution in [3.05, 3.63) is 0 Å². The first-order valence-corrected chi connectivity index (χ1v) is 6.69. The molecule has 4 heteroatoms. The van der Waals surface area contributed by atoms with Gasteiger partial charge in [0.15, 0.2) is 0 Å². The molecular weight excluding hydrogens is 215 g/mol. The lowest BCUT2D eigenvalue weighted by atomic mass is 9.62. The standard InChI is InChI=1S/C13H23BO3/c1-10(15)11-6-3-2-4-8-13(14,12(16)17)9-5-7-11/h11H,2-9,14H2,1H3,(H,16,17). The summed E-state index contributed by atoms with van der Waals surface area (Å²) in [5, 5.41) is 8.70. The molecular formula is C13H23BO3. The Balaban J connectivity index is 2.62. The normalized spacial score (nSPS) is 31.7. The molecule has 0 spiro atoms. The van der Waals surface area contributed by atoms with Crippen molar-refractivity contribution in [3.63, 3.8) is 0 Å². The number of carboxylic acids is 1. The van der Waals surface area contributed by atoms with Gasteiger partial charge >= 0.3 is 5.97 Å². The van der Waals surface area contributed by atoms with Crippen LogP contribution in [0.4, 0.5) is 0 Å². The summed E-state index contributed by atoms with van der Waals surface area (Å²) in [4.78, 5) is 22.7. The van der Waals surface area contributed by atoms with Crippen LogP contribution in [0.5, 0.6) is 0 Å². The number of hydrogen-bond acceptors (Lipinski definition) is 2. The number of hydrogen-bond donors (Lipinski definition) is 1. The van der Waals surface area contributed by atoms with Gasteiger partial charge in [-0.1, -0.05) is 25.7 Å². The van der Waals surface area contributed by atoms with Crippen molar-refractivity contribution in [1.29, 1.82) is 0 Å². The minimum absolute atomic E-state index is 0.158. The van der Waals surface area contributed by atoms with Gasteiger partial charge in [-0.2, -0.15) is 0 Å². The van der Waals surface area contributed by atoms with E-state index in [2.05, 4.69) is 0 Å². The average Bonchev–Trinajstić information content (AvgIpc) is 2.26. The molecule has 0 aromatic carbocycles. The van der Waals surface area contributed by atoms with Gasteiger partial charge in [-0.3, -0.25) is 9.59 Å². The largest absolute Gasteiger partial charge is 0.481 e. The summed E-state index contributed by atoms with van der Waals surface area (Å²) in [7, 11) is 1.85. The molecule has 0 aliphatic heterocycles. The molecule has 1 saturated carbocycles. The molecule has 0 saturated heterocycles. The molecule has 1 aliphatic carbocycles. The van der Waals surface area contributed by atoms with Crippen LogP contribution in [0.3, 0.4) is 0 Å². The van der Waals surface area contributed by atoms with Gasteiger partial charge in [-0.25, -0.2) is 0 Å². The van der Waals surface area contributed by atoms with Crippen LogP contribution in [0, 0.1) is 5.92 Å². The van der Waals surface area contributed by atoms with Crippen LogP contribution in [0.25, 0.3) is 0 Å². The minimum atomic E-state index is -0.683. The van der Waals surface area contributed by atoms with Crippen molar-refractivity contribution in [2.75, 3.05) is 0 Å². The Morgan fingerprint density at radius 3 is 2.29 bits per heavy atom. The number of carbonyl (C=O) groups excluding carboxylic acids is 1. The summed E-state index contributed by atoms with van der Waals surface area (Å²) in [5.74, 6) is -0.258. The van der Waals surface area contributed by atoms with Crippen LogP contribution in [-0.2, 0) is 9.59 Å². The Bertz CT molecular complexity index is 290. The minimum Gasteiger partial charge on any atom is -0.481 e. The molecule has 2 atom stereocenters. The molecule has 1 N–H and O–H groups in total. The summed E-state index contributed by atoms with van der Waals surface area (Å²) < 4.78 is 0. The van der Waals surface area contributed by atoms with E-state index in [1.165, 1.54) is 0 Å². The molecule has 0 aromatic heterocycles. The monoisotopic (exact) mass is 238 g/mol. The smallest absolute Gasteiger partial charge is 0.301 e. The van der Waals surface area contributed by atoms with E-state index in [0.717, 1.165) is 44.9 Å². The van der Waals surface area contributed by atoms with E-state index < -0.39 is 11.3 Å². The maximum atomic E-state index is 11.4. The van der Waals surface area contributed by atoms with Gasteiger partial charge in [0.1, 0.15) is 13.6 Å². The Labute approximate surface area is 104 Å². The molecule has 96 valence electrons. The van der Waals surface area contributed by atoms with Crippen molar-refractivity contribution in [1.82, 2.24) is 0 Å². The molecule has 0 heterocycles. The second-order valence-electron chi connectivity index (χ2n) is 5.66. The van der Waals surface area contributed by atoms with Crippen LogP contribution in [0.1, 0.15) is 58.3 Å². The molecule has 2 unspecified atom stereocenters. The second-order valence-corrected chi connectivity index (χ2v) is 5.66. The summed E-state index contributed by atoms with van der Waals surface area (Å²) in [6.07, 6.45) is 7.24. The zero-order chi connectivity index (χ0) is 12.9.